The SMILES string of the molecule is CC(C)(C)OC(=O)NC1CNC[C@H]1c1ccc(F)c(F)c1. The Kier molecular flexibility index (Phi) is 4.46. The van der Waals surface area contributed by atoms with Gasteiger partial charge in [-0.1, -0.05) is 6.07 Å². The zero-order valence-electron chi connectivity index (χ0n) is 12.4. The van der Waals surface area contributed by atoms with Crippen LogP contribution in [0.2, 0.25) is 0 Å². The number of nitrogens with one attached hydrogen (secondary N) is 2. The summed E-state index contributed by atoms with van der Waals surface area (Å²) in [6.07, 6.45) is -0.510. The average molecular weight is 298 g/mol. The molecular formula is C15H20F2N2O2. The first-order valence-electron chi connectivity index (χ1n) is 6.91. The van der Waals surface area contributed by atoms with E-state index in [2.05, 4.69) is 10.6 Å². The van der Waals surface area contributed by atoms with Crippen LogP contribution in [0.1, 0.15) is 32.3 Å². The van der Waals surface area contributed by atoms with Crippen LogP contribution in [0.4, 0.5) is 13.6 Å². The fourth-order valence-corrected chi connectivity index (χ4v) is 2.38. The molecule has 2 N–H and O–H groups in total. The monoisotopic (exact) mass is 298 g/mol. The fraction of sp³-hybridized carbons (Fsp3) is 0.533. The molecule has 2 rings (SSSR count). The summed E-state index contributed by atoms with van der Waals surface area (Å²) in [5, 5.41) is 5.91. The number of amides is 1. The van der Waals surface area contributed by atoms with Gasteiger partial charge >= 0.3 is 6.09 Å². The minimum Gasteiger partial charge on any atom is -0.444 e. The number of alkyl carbamates (subject to hydrolysis) is 1. The summed E-state index contributed by atoms with van der Waals surface area (Å²) in [5.74, 6) is -1.87. The number of hydrogen-bond acceptors (Lipinski definition) is 3. The van der Waals surface area contributed by atoms with Gasteiger partial charge in [0.1, 0.15) is 5.60 Å². The van der Waals surface area contributed by atoms with Crippen molar-refractivity contribution in [2.45, 2.75) is 38.3 Å². The molecule has 0 radical (unpaired) electrons. The standard InChI is InChI=1S/C15H20F2N2O2/c1-15(2,3)21-14(20)19-13-8-18-7-10(13)9-4-5-11(16)12(17)6-9/h4-6,10,13,18H,7-8H2,1-3H3,(H,19,20)/t10-,13?/m0/s1. The zero-order valence-corrected chi connectivity index (χ0v) is 12.4. The van der Waals surface area contributed by atoms with Gasteiger partial charge in [-0.05, 0) is 38.5 Å². The van der Waals surface area contributed by atoms with E-state index in [1.807, 2.05) is 0 Å². The Balaban J connectivity index is 2.06. The summed E-state index contributed by atoms with van der Waals surface area (Å²) in [5.41, 5.74) is 0.0769. The van der Waals surface area contributed by atoms with Crippen LogP contribution in [0.3, 0.4) is 0 Å². The molecule has 1 fully saturated rings. The normalized spacial score (nSPS) is 22.1. The first-order chi connectivity index (χ1) is 9.76. The van der Waals surface area contributed by atoms with Crippen molar-refractivity contribution >= 4 is 6.09 Å². The van der Waals surface area contributed by atoms with Gasteiger partial charge in [0.25, 0.3) is 0 Å². The lowest BCUT2D eigenvalue weighted by molar-refractivity contribution is 0.0504. The molecule has 0 bridgehead atoms. The Labute approximate surface area is 122 Å². The summed E-state index contributed by atoms with van der Waals surface area (Å²) in [7, 11) is 0. The van der Waals surface area contributed by atoms with E-state index in [0.717, 1.165) is 6.07 Å². The second-order valence-corrected chi connectivity index (χ2v) is 6.19. The Bertz CT molecular complexity index is 529. The van der Waals surface area contributed by atoms with E-state index in [1.165, 1.54) is 6.07 Å². The molecule has 1 amide bonds. The predicted octanol–water partition coefficient (Wildman–Crippen LogP) is 2.54. The molecule has 6 heteroatoms. The molecule has 2 atom stereocenters. The topological polar surface area (TPSA) is 50.4 Å². The largest absolute Gasteiger partial charge is 0.444 e. The molecule has 116 valence electrons. The van der Waals surface area contributed by atoms with Crippen molar-refractivity contribution in [3.8, 4) is 0 Å². The summed E-state index contributed by atoms with van der Waals surface area (Å²) in [6.45, 7) is 6.50. The van der Waals surface area contributed by atoms with Crippen LogP contribution < -0.4 is 10.6 Å². The van der Waals surface area contributed by atoms with Crippen molar-refractivity contribution in [2.24, 2.45) is 0 Å². The molecule has 21 heavy (non-hydrogen) atoms. The third-order valence-corrected chi connectivity index (χ3v) is 3.29. The van der Waals surface area contributed by atoms with Gasteiger partial charge in [-0.25, -0.2) is 13.6 Å². The molecule has 1 saturated heterocycles. The van der Waals surface area contributed by atoms with E-state index >= 15 is 0 Å². The summed E-state index contributed by atoms with van der Waals surface area (Å²) in [6, 6.07) is 3.61. The first kappa shape index (κ1) is 15.7. The highest BCUT2D eigenvalue weighted by molar-refractivity contribution is 5.68. The van der Waals surface area contributed by atoms with E-state index < -0.39 is 23.3 Å². The third kappa shape index (κ3) is 4.14. The maximum Gasteiger partial charge on any atom is 0.407 e. The number of hydrogen-bond donors (Lipinski definition) is 2. The molecule has 1 aromatic carbocycles. The van der Waals surface area contributed by atoms with Crippen molar-refractivity contribution < 1.29 is 18.3 Å². The number of benzene rings is 1. The first-order valence-corrected chi connectivity index (χ1v) is 6.91. The van der Waals surface area contributed by atoms with Crippen molar-refractivity contribution in [2.75, 3.05) is 13.1 Å². The highest BCUT2D eigenvalue weighted by atomic mass is 19.2. The van der Waals surface area contributed by atoms with Crippen LogP contribution in [-0.2, 0) is 4.74 Å². The highest BCUT2D eigenvalue weighted by Crippen LogP contribution is 2.24. The average Bonchev–Trinajstić information content (AvgIpc) is 2.78. The molecule has 1 aliphatic rings. The maximum absolute atomic E-state index is 13.3. The van der Waals surface area contributed by atoms with Gasteiger partial charge in [0.15, 0.2) is 11.6 Å². The number of rotatable bonds is 2. The lowest BCUT2D eigenvalue weighted by atomic mass is 9.94. The van der Waals surface area contributed by atoms with Crippen LogP contribution >= 0.6 is 0 Å². The number of ether oxygens (including phenoxy) is 1. The smallest absolute Gasteiger partial charge is 0.407 e. The lowest BCUT2D eigenvalue weighted by Crippen LogP contribution is -2.42. The van der Waals surface area contributed by atoms with E-state index in [-0.39, 0.29) is 12.0 Å². The predicted molar refractivity (Wildman–Crippen MR) is 75.1 cm³/mol. The number of carbonyl (C=O) groups is 1. The minimum absolute atomic E-state index is 0.118. The summed E-state index contributed by atoms with van der Waals surface area (Å²) >= 11 is 0. The second-order valence-electron chi connectivity index (χ2n) is 6.19. The number of carbonyl (C=O) groups excluding carboxylic acids is 1. The van der Waals surface area contributed by atoms with E-state index in [1.54, 1.807) is 26.8 Å². The molecule has 0 spiro atoms. The van der Waals surface area contributed by atoms with Crippen LogP contribution in [0, 0.1) is 11.6 Å². The fourth-order valence-electron chi connectivity index (χ4n) is 2.38. The van der Waals surface area contributed by atoms with Crippen LogP contribution in [-0.4, -0.2) is 30.8 Å². The summed E-state index contributed by atoms with van der Waals surface area (Å²) < 4.78 is 31.6. The Hall–Kier alpha value is -1.69. The van der Waals surface area contributed by atoms with E-state index in [0.29, 0.717) is 18.7 Å². The van der Waals surface area contributed by atoms with Crippen molar-refractivity contribution in [3.63, 3.8) is 0 Å². The van der Waals surface area contributed by atoms with Crippen LogP contribution in [0.25, 0.3) is 0 Å². The Morgan fingerprint density at radius 1 is 1.29 bits per heavy atom. The van der Waals surface area contributed by atoms with Gasteiger partial charge in [-0.3, -0.25) is 0 Å². The minimum atomic E-state index is -0.879. The highest BCUT2D eigenvalue weighted by Gasteiger charge is 2.31. The van der Waals surface area contributed by atoms with Crippen molar-refractivity contribution in [3.05, 3.63) is 35.4 Å². The Morgan fingerprint density at radius 3 is 2.62 bits per heavy atom. The van der Waals surface area contributed by atoms with Crippen LogP contribution in [0.5, 0.6) is 0 Å². The third-order valence-electron chi connectivity index (χ3n) is 3.29. The van der Waals surface area contributed by atoms with Crippen molar-refractivity contribution in [1.29, 1.82) is 0 Å². The van der Waals surface area contributed by atoms with E-state index in [4.69, 9.17) is 4.74 Å². The quantitative estimate of drug-likeness (QED) is 0.882. The van der Waals surface area contributed by atoms with Crippen molar-refractivity contribution in [1.82, 2.24) is 10.6 Å². The maximum atomic E-state index is 13.3. The van der Waals surface area contributed by atoms with Gasteiger partial charge in [-0.2, -0.15) is 0 Å². The van der Waals surface area contributed by atoms with Gasteiger partial charge in [0.05, 0.1) is 6.04 Å². The zero-order chi connectivity index (χ0) is 15.6. The molecule has 4 nitrogen and oxygen atoms in total. The molecule has 0 aliphatic carbocycles. The Morgan fingerprint density at radius 2 is 2.00 bits per heavy atom. The lowest BCUT2D eigenvalue weighted by Gasteiger charge is -2.24. The van der Waals surface area contributed by atoms with Gasteiger partial charge in [0.2, 0.25) is 0 Å². The van der Waals surface area contributed by atoms with Crippen LogP contribution in [0.15, 0.2) is 18.2 Å². The molecular weight excluding hydrogens is 278 g/mol. The number of halogens is 2. The van der Waals surface area contributed by atoms with Gasteiger partial charge in [0, 0.05) is 19.0 Å². The molecule has 1 aliphatic heterocycles. The van der Waals surface area contributed by atoms with Gasteiger partial charge in [-0.15, -0.1) is 0 Å². The molecule has 0 saturated carbocycles. The second kappa shape index (κ2) is 5.97. The molecule has 1 heterocycles. The summed E-state index contributed by atoms with van der Waals surface area (Å²) in [4.78, 5) is 11.8. The van der Waals surface area contributed by atoms with Gasteiger partial charge < -0.3 is 15.4 Å². The molecule has 0 aromatic heterocycles. The van der Waals surface area contributed by atoms with E-state index in [9.17, 15) is 13.6 Å². The molecule has 1 aromatic rings. The molecule has 1 unspecified atom stereocenters.